The highest BCUT2D eigenvalue weighted by Gasteiger charge is 2.32. The van der Waals surface area contributed by atoms with E-state index in [2.05, 4.69) is 0 Å². The molecule has 15 heavy (non-hydrogen) atoms. The summed E-state index contributed by atoms with van der Waals surface area (Å²) in [6.45, 7) is 9.22. The lowest BCUT2D eigenvalue weighted by Crippen LogP contribution is -2.47. The summed E-state index contributed by atoms with van der Waals surface area (Å²) >= 11 is 0. The van der Waals surface area contributed by atoms with E-state index in [4.69, 9.17) is 0 Å². The molecule has 0 spiro atoms. The van der Waals surface area contributed by atoms with Crippen LogP contribution in [0.5, 0.6) is 0 Å². The van der Waals surface area contributed by atoms with Gasteiger partial charge in [-0.25, -0.2) is 0 Å². The Morgan fingerprint density at radius 2 is 2.07 bits per heavy atom. The smallest absolute Gasteiger partial charge is 0.227 e. The number of nitrogens with zero attached hydrogens (tertiary/aromatic N) is 1. The van der Waals surface area contributed by atoms with Crippen molar-refractivity contribution < 1.29 is 9.90 Å². The predicted octanol–water partition coefficient (Wildman–Crippen LogP) is 1.65. The second-order valence-electron chi connectivity index (χ2n) is 5.64. The molecule has 1 amide bonds. The fourth-order valence-corrected chi connectivity index (χ4v) is 2.06. The molecule has 1 rings (SSSR count). The first kappa shape index (κ1) is 12.5. The van der Waals surface area contributed by atoms with Crippen LogP contribution in [-0.4, -0.2) is 35.1 Å². The van der Waals surface area contributed by atoms with Crippen molar-refractivity contribution in [1.29, 1.82) is 0 Å². The highest BCUT2D eigenvalue weighted by molar-refractivity contribution is 5.81. The Balaban J connectivity index is 2.60. The molecular weight excluding hydrogens is 190 g/mol. The fourth-order valence-electron chi connectivity index (χ4n) is 2.06. The van der Waals surface area contributed by atoms with E-state index < -0.39 is 0 Å². The van der Waals surface area contributed by atoms with Crippen molar-refractivity contribution in [3.05, 3.63) is 0 Å². The summed E-state index contributed by atoms with van der Waals surface area (Å²) in [7, 11) is 0. The van der Waals surface area contributed by atoms with Gasteiger partial charge in [0.15, 0.2) is 0 Å². The SMILES string of the molecule is CC(O)C1CCCN(C(=O)C(C)(C)C)C1. The maximum Gasteiger partial charge on any atom is 0.227 e. The number of aliphatic hydroxyl groups excluding tert-OH is 1. The van der Waals surface area contributed by atoms with Gasteiger partial charge in [-0.3, -0.25) is 4.79 Å². The minimum absolute atomic E-state index is 0.202. The van der Waals surface area contributed by atoms with Crippen LogP contribution in [0.4, 0.5) is 0 Å². The van der Waals surface area contributed by atoms with E-state index in [9.17, 15) is 9.90 Å². The van der Waals surface area contributed by atoms with Gasteiger partial charge in [0.2, 0.25) is 5.91 Å². The summed E-state index contributed by atoms with van der Waals surface area (Å²) in [6, 6.07) is 0. The third kappa shape index (κ3) is 3.20. The highest BCUT2D eigenvalue weighted by atomic mass is 16.3. The molecule has 88 valence electrons. The molecule has 1 saturated heterocycles. The van der Waals surface area contributed by atoms with E-state index in [1.54, 1.807) is 0 Å². The largest absolute Gasteiger partial charge is 0.393 e. The zero-order valence-corrected chi connectivity index (χ0v) is 10.3. The van der Waals surface area contributed by atoms with Crippen molar-refractivity contribution in [2.45, 2.75) is 46.6 Å². The lowest BCUT2D eigenvalue weighted by molar-refractivity contribution is -0.142. The Labute approximate surface area is 92.5 Å². The summed E-state index contributed by atoms with van der Waals surface area (Å²) in [5.41, 5.74) is -0.305. The van der Waals surface area contributed by atoms with E-state index in [1.807, 2.05) is 32.6 Å². The average molecular weight is 213 g/mol. The Kier molecular flexibility index (Phi) is 3.77. The van der Waals surface area contributed by atoms with Gasteiger partial charge in [0.05, 0.1) is 6.10 Å². The van der Waals surface area contributed by atoms with Crippen molar-refractivity contribution in [2.75, 3.05) is 13.1 Å². The summed E-state index contributed by atoms with van der Waals surface area (Å²) in [6.07, 6.45) is 1.74. The van der Waals surface area contributed by atoms with Crippen molar-refractivity contribution in [3.63, 3.8) is 0 Å². The van der Waals surface area contributed by atoms with Crippen LogP contribution in [0, 0.1) is 11.3 Å². The van der Waals surface area contributed by atoms with Gasteiger partial charge in [0.1, 0.15) is 0 Å². The molecule has 1 N–H and O–H groups in total. The van der Waals surface area contributed by atoms with Crippen LogP contribution >= 0.6 is 0 Å². The van der Waals surface area contributed by atoms with Crippen LogP contribution in [0.2, 0.25) is 0 Å². The Bertz CT molecular complexity index is 230. The van der Waals surface area contributed by atoms with Gasteiger partial charge >= 0.3 is 0 Å². The van der Waals surface area contributed by atoms with Gasteiger partial charge in [0, 0.05) is 24.4 Å². The van der Waals surface area contributed by atoms with Crippen molar-refractivity contribution in [2.24, 2.45) is 11.3 Å². The van der Waals surface area contributed by atoms with Crippen LogP contribution in [0.15, 0.2) is 0 Å². The molecule has 0 aromatic carbocycles. The number of hydrogen-bond donors (Lipinski definition) is 1. The van der Waals surface area contributed by atoms with E-state index in [0.29, 0.717) is 6.54 Å². The van der Waals surface area contributed by atoms with Gasteiger partial charge in [-0.05, 0) is 19.8 Å². The predicted molar refractivity (Wildman–Crippen MR) is 60.4 cm³/mol. The highest BCUT2D eigenvalue weighted by Crippen LogP contribution is 2.24. The third-order valence-electron chi connectivity index (χ3n) is 3.07. The second kappa shape index (κ2) is 4.52. The molecule has 0 saturated carbocycles. The van der Waals surface area contributed by atoms with Crippen LogP contribution in [-0.2, 0) is 4.79 Å². The van der Waals surface area contributed by atoms with E-state index in [0.717, 1.165) is 19.4 Å². The number of hydrogen-bond acceptors (Lipinski definition) is 2. The summed E-state index contributed by atoms with van der Waals surface area (Å²) in [5, 5.41) is 9.54. The van der Waals surface area contributed by atoms with E-state index in [1.165, 1.54) is 0 Å². The molecule has 0 aromatic rings. The van der Waals surface area contributed by atoms with Crippen LogP contribution in [0.3, 0.4) is 0 Å². The quantitative estimate of drug-likeness (QED) is 0.719. The number of piperidine rings is 1. The van der Waals surface area contributed by atoms with Crippen molar-refractivity contribution in [3.8, 4) is 0 Å². The second-order valence-corrected chi connectivity index (χ2v) is 5.64. The maximum absolute atomic E-state index is 12.0. The molecule has 0 aliphatic carbocycles. The first-order valence-corrected chi connectivity index (χ1v) is 5.80. The van der Waals surface area contributed by atoms with Crippen LogP contribution < -0.4 is 0 Å². The summed E-state index contributed by atoms with van der Waals surface area (Å²) in [5.74, 6) is 0.456. The number of carbonyl (C=O) groups is 1. The number of carbonyl (C=O) groups excluding carboxylic acids is 1. The molecule has 2 atom stereocenters. The Morgan fingerprint density at radius 3 is 2.53 bits per heavy atom. The Morgan fingerprint density at radius 1 is 1.47 bits per heavy atom. The molecule has 1 heterocycles. The molecule has 3 heteroatoms. The molecule has 1 aliphatic rings. The minimum atomic E-state index is -0.305. The molecular formula is C12H23NO2. The minimum Gasteiger partial charge on any atom is -0.393 e. The van der Waals surface area contributed by atoms with Gasteiger partial charge in [-0.2, -0.15) is 0 Å². The standard InChI is InChI=1S/C12H23NO2/c1-9(14)10-6-5-7-13(8-10)11(15)12(2,3)4/h9-10,14H,5-8H2,1-4H3. The van der Waals surface area contributed by atoms with Gasteiger partial charge in [0.25, 0.3) is 0 Å². The van der Waals surface area contributed by atoms with Gasteiger partial charge in [-0.1, -0.05) is 20.8 Å². The zero-order chi connectivity index (χ0) is 11.6. The van der Waals surface area contributed by atoms with Crippen LogP contribution in [0.25, 0.3) is 0 Å². The lowest BCUT2D eigenvalue weighted by atomic mass is 9.89. The van der Waals surface area contributed by atoms with Gasteiger partial charge in [-0.15, -0.1) is 0 Å². The fraction of sp³-hybridized carbons (Fsp3) is 0.917. The van der Waals surface area contributed by atoms with E-state index >= 15 is 0 Å². The molecule has 3 nitrogen and oxygen atoms in total. The van der Waals surface area contributed by atoms with Crippen molar-refractivity contribution >= 4 is 5.91 Å². The molecule has 2 unspecified atom stereocenters. The van der Waals surface area contributed by atoms with Crippen molar-refractivity contribution in [1.82, 2.24) is 4.90 Å². The summed E-state index contributed by atoms with van der Waals surface area (Å²) in [4.78, 5) is 13.9. The molecule has 1 fully saturated rings. The first-order valence-electron chi connectivity index (χ1n) is 5.80. The topological polar surface area (TPSA) is 40.5 Å². The monoisotopic (exact) mass is 213 g/mol. The molecule has 0 bridgehead atoms. The Hall–Kier alpha value is -0.570. The number of rotatable bonds is 1. The molecule has 1 aliphatic heterocycles. The zero-order valence-electron chi connectivity index (χ0n) is 10.3. The van der Waals surface area contributed by atoms with Crippen LogP contribution in [0.1, 0.15) is 40.5 Å². The third-order valence-corrected chi connectivity index (χ3v) is 3.07. The normalized spacial score (nSPS) is 25.1. The number of amides is 1. The number of likely N-dealkylation sites (tertiary alicyclic amines) is 1. The molecule has 0 radical (unpaired) electrons. The summed E-state index contributed by atoms with van der Waals surface area (Å²) < 4.78 is 0. The van der Waals surface area contributed by atoms with Gasteiger partial charge < -0.3 is 10.0 Å². The maximum atomic E-state index is 12.0. The average Bonchev–Trinajstić information content (AvgIpc) is 2.15. The van der Waals surface area contributed by atoms with E-state index in [-0.39, 0.29) is 23.3 Å². The first-order chi connectivity index (χ1) is 6.82. The lowest BCUT2D eigenvalue weighted by Gasteiger charge is -2.37. The molecule has 0 aromatic heterocycles. The number of aliphatic hydroxyl groups is 1.